The van der Waals surface area contributed by atoms with Crippen LogP contribution in [0, 0.1) is 34.3 Å². The predicted octanol–water partition coefficient (Wildman–Crippen LogP) is 12.3. The molecule has 2 N–H and O–H groups in total. The zero-order valence-electron chi connectivity index (χ0n) is 52.2. The number of aliphatic hydroxyl groups excluding tert-OH is 2. The van der Waals surface area contributed by atoms with Gasteiger partial charge in [-0.2, -0.15) is 10.5 Å². The number of furan rings is 2. The second-order valence-corrected chi connectivity index (χ2v) is 25.1. The standard InChI is InChI=1S/C32H30FN3O5.C20H18ClFN2O3.C18H24BNO4/c1-36(10-11-37)32(38)21-4-6-24(26(33)15-21)29-16-27-31(41-29)30(25(18-35-27)19-2-3-19)20-5-7-28(22(14-20)17-34)40-23-8-12-39-13-9-23;1-24(6-7-25)20(26)12-4-5-13(15(22)8-12)17-9-16-19(27-17)18(21)14(10-23-16)11-2-3-11;1-17(2)18(3,4)24-19(23-17)14-5-6-16(13(11-14)12-20)22-15-7-9-21-10-8-15/h4-7,14-16,18-19,23,37H,2-3,8-13H2,1H3;4-5,8-11,25H,2-3,6-7H2,1H3;5-6,11,15H,7-10H2,1-4H3. The van der Waals surface area contributed by atoms with Crippen molar-refractivity contribution in [2.24, 2.45) is 0 Å². The molecular formula is C70H72BClF2N6O12. The molecule has 0 radical (unpaired) electrons. The highest BCUT2D eigenvalue weighted by Crippen LogP contribution is 2.49. The summed E-state index contributed by atoms with van der Waals surface area (Å²) in [6, 6.07) is 27.4. The molecule has 2 amide bonds. The molecule has 478 valence electrons. The maximum absolute atomic E-state index is 15.3. The van der Waals surface area contributed by atoms with Crippen molar-refractivity contribution >= 4 is 58.2 Å². The first-order valence-corrected chi connectivity index (χ1v) is 31.4. The van der Waals surface area contributed by atoms with Gasteiger partial charge in [-0.15, -0.1) is 0 Å². The van der Waals surface area contributed by atoms with Gasteiger partial charge in [-0.3, -0.25) is 19.6 Å². The summed E-state index contributed by atoms with van der Waals surface area (Å²) in [5, 5.41) is 38.0. The maximum Gasteiger partial charge on any atom is 0.494 e. The number of hydrogen-bond donors (Lipinski definition) is 2. The molecule has 0 atom stereocenters. The van der Waals surface area contributed by atoms with E-state index in [1.165, 1.54) is 40.1 Å². The Morgan fingerprint density at radius 3 is 1.57 bits per heavy atom. The normalized spacial score (nSPS) is 17.0. The Morgan fingerprint density at radius 1 is 0.630 bits per heavy atom. The minimum atomic E-state index is -0.599. The first-order chi connectivity index (χ1) is 44.3. The van der Waals surface area contributed by atoms with Gasteiger partial charge in [-0.25, -0.2) is 8.78 Å². The summed E-state index contributed by atoms with van der Waals surface area (Å²) in [5.74, 6) is 0.621. The fraction of sp³-hybridized carbons (Fsp3) is 0.400. The number of nitrogens with zero attached hydrogens (tertiary/aromatic N) is 6. The number of benzene rings is 4. The van der Waals surface area contributed by atoms with Crippen LogP contribution in [0.2, 0.25) is 5.02 Å². The van der Waals surface area contributed by atoms with E-state index in [0.29, 0.717) is 99.6 Å². The predicted molar refractivity (Wildman–Crippen MR) is 342 cm³/mol. The molecule has 18 nitrogen and oxygen atoms in total. The van der Waals surface area contributed by atoms with Gasteiger partial charge in [0.05, 0.1) is 78.1 Å². The van der Waals surface area contributed by atoms with E-state index in [4.69, 9.17) is 58.9 Å². The monoisotopic (exact) mass is 1270 g/mol. The largest absolute Gasteiger partial charge is 0.494 e. The molecule has 0 spiro atoms. The molecule has 3 saturated heterocycles. The number of ether oxygens (including phenoxy) is 4. The van der Waals surface area contributed by atoms with Gasteiger partial charge in [0.25, 0.3) is 11.8 Å². The molecule has 7 heterocycles. The summed E-state index contributed by atoms with van der Waals surface area (Å²) in [5.41, 5.74) is 7.59. The minimum Gasteiger partial charge on any atom is -0.489 e. The average molecular weight is 1270 g/mol. The van der Waals surface area contributed by atoms with Gasteiger partial charge in [-0.1, -0.05) is 23.7 Å². The summed E-state index contributed by atoms with van der Waals surface area (Å²) in [7, 11) is 2.63. The summed E-state index contributed by atoms with van der Waals surface area (Å²) in [4.78, 5) is 36.5. The van der Waals surface area contributed by atoms with Crippen molar-refractivity contribution in [3.05, 3.63) is 147 Å². The Hall–Kier alpha value is -8.25. The molecule has 22 heteroatoms. The van der Waals surface area contributed by atoms with Crippen LogP contribution in [0.15, 0.2) is 106 Å². The molecule has 8 aromatic rings. The first kappa shape index (κ1) is 65.3. The van der Waals surface area contributed by atoms with Crippen molar-refractivity contribution in [3.63, 3.8) is 0 Å². The number of carbonyl (C=O) groups excluding carboxylic acids is 2. The van der Waals surface area contributed by atoms with Crippen molar-refractivity contribution in [1.29, 1.82) is 10.5 Å². The molecule has 4 aromatic heterocycles. The lowest BCUT2D eigenvalue weighted by molar-refractivity contribution is 0.00578. The van der Waals surface area contributed by atoms with Crippen LogP contribution >= 0.6 is 11.6 Å². The fourth-order valence-electron chi connectivity index (χ4n) is 11.2. The van der Waals surface area contributed by atoms with Crippen LogP contribution < -0.4 is 14.9 Å². The van der Waals surface area contributed by atoms with Gasteiger partial charge in [-0.05, 0) is 148 Å². The lowest BCUT2D eigenvalue weighted by Gasteiger charge is -2.32. The van der Waals surface area contributed by atoms with Gasteiger partial charge in [0.2, 0.25) is 0 Å². The van der Waals surface area contributed by atoms with Gasteiger partial charge in [0.1, 0.15) is 70.0 Å². The molecule has 0 unspecified atom stereocenters. The third-order valence-electron chi connectivity index (χ3n) is 17.6. The summed E-state index contributed by atoms with van der Waals surface area (Å²) >= 11 is 6.45. The Bertz CT molecular complexity index is 4110. The van der Waals surface area contributed by atoms with Crippen molar-refractivity contribution in [3.8, 4) is 57.4 Å². The first-order valence-electron chi connectivity index (χ1n) is 31.0. The molecule has 0 bridgehead atoms. The van der Waals surface area contributed by atoms with Crippen LogP contribution in [0.5, 0.6) is 11.5 Å². The molecule has 4 aromatic carbocycles. The lowest BCUT2D eigenvalue weighted by Crippen LogP contribution is -2.41. The quantitative estimate of drug-likeness (QED) is 0.0856. The number of rotatable bonds is 16. The topological polar surface area (TPSA) is 236 Å². The van der Waals surface area contributed by atoms with Crippen molar-refractivity contribution in [2.75, 3.05) is 66.8 Å². The van der Waals surface area contributed by atoms with Gasteiger partial charge >= 0.3 is 7.12 Å². The molecular weight excluding hydrogens is 1200 g/mol. The highest BCUT2D eigenvalue weighted by Gasteiger charge is 2.52. The second-order valence-electron chi connectivity index (χ2n) is 24.7. The number of likely N-dealkylation sites (N-methyl/N-ethyl adjacent to an activating group) is 2. The van der Waals surface area contributed by atoms with Crippen LogP contribution in [0.1, 0.15) is 134 Å². The lowest BCUT2D eigenvalue weighted by atomic mass is 9.78. The highest BCUT2D eigenvalue weighted by atomic mass is 35.5. The zero-order valence-corrected chi connectivity index (χ0v) is 53.0. The van der Waals surface area contributed by atoms with E-state index in [1.807, 2.05) is 64.2 Å². The number of aliphatic hydroxyl groups is 2. The number of nitriles is 2. The van der Waals surface area contributed by atoms with Crippen LogP contribution in [-0.4, -0.2) is 139 Å². The van der Waals surface area contributed by atoms with Crippen molar-refractivity contribution in [2.45, 2.75) is 114 Å². The highest BCUT2D eigenvalue weighted by molar-refractivity contribution is 6.62. The minimum absolute atomic E-state index is 0.00986. The van der Waals surface area contributed by atoms with E-state index in [1.54, 1.807) is 44.6 Å². The third-order valence-corrected chi connectivity index (χ3v) is 18.0. The van der Waals surface area contributed by atoms with E-state index < -0.39 is 30.0 Å². The smallest absolute Gasteiger partial charge is 0.489 e. The van der Waals surface area contributed by atoms with Crippen LogP contribution in [0.4, 0.5) is 8.78 Å². The zero-order chi connectivity index (χ0) is 65.0. The summed E-state index contributed by atoms with van der Waals surface area (Å²) < 4.78 is 77.1. The van der Waals surface area contributed by atoms with Crippen molar-refractivity contribution in [1.82, 2.24) is 19.8 Å². The summed E-state index contributed by atoms with van der Waals surface area (Å²) in [6.45, 7) is 10.8. The Kier molecular flexibility index (Phi) is 19.8. The van der Waals surface area contributed by atoms with E-state index in [2.05, 4.69) is 22.1 Å². The molecule has 3 aliphatic heterocycles. The van der Waals surface area contributed by atoms with Gasteiger partial charge in [0.15, 0.2) is 11.2 Å². The third kappa shape index (κ3) is 14.3. The van der Waals surface area contributed by atoms with Crippen molar-refractivity contribution < 1.29 is 65.7 Å². The Morgan fingerprint density at radius 2 is 1.09 bits per heavy atom. The van der Waals surface area contributed by atoms with E-state index in [0.717, 1.165) is 79.1 Å². The second kappa shape index (κ2) is 27.9. The number of pyridine rings is 2. The van der Waals surface area contributed by atoms with Crippen LogP contribution in [0.25, 0.3) is 56.0 Å². The SMILES string of the molecule is CC1(C)OB(c2ccc(OC3CCOCC3)c(C#N)c2)OC1(C)C.CN(CCO)C(=O)c1ccc(-c2cc3ncc(C4CC4)c(-c4ccc(OC5CCOCC5)c(C#N)c4)c3o2)c(F)c1.CN(CCO)C(=O)c1ccc(-c2cc3ncc(C4CC4)c(Cl)c3o2)c(F)c1. The summed E-state index contributed by atoms with van der Waals surface area (Å²) in [6.07, 6.45) is 11.3. The van der Waals surface area contributed by atoms with Crippen LogP contribution in [-0.2, 0) is 18.8 Å². The molecule has 5 fully saturated rings. The van der Waals surface area contributed by atoms with Crippen LogP contribution in [0.3, 0.4) is 0 Å². The number of aromatic nitrogens is 2. The number of hydrogen-bond acceptors (Lipinski definition) is 16. The van der Waals surface area contributed by atoms with Gasteiger partial charge < -0.3 is 57.1 Å². The number of amides is 2. The van der Waals surface area contributed by atoms with E-state index >= 15 is 4.39 Å². The number of fused-ring (bicyclic) bond motifs is 2. The molecule has 2 saturated carbocycles. The maximum atomic E-state index is 15.3. The molecule has 2 aliphatic carbocycles. The Balaban J connectivity index is 0.000000148. The van der Waals surface area contributed by atoms with E-state index in [9.17, 15) is 24.5 Å². The van der Waals surface area contributed by atoms with E-state index in [-0.39, 0.29) is 72.6 Å². The molecule has 13 rings (SSSR count). The molecule has 5 aliphatic rings. The Labute approximate surface area is 537 Å². The molecule has 92 heavy (non-hydrogen) atoms. The number of carbonyl (C=O) groups is 2. The fourth-order valence-corrected chi connectivity index (χ4v) is 11.6. The number of halogens is 3. The average Bonchev–Trinajstić information content (AvgIpc) is 1.44. The van der Waals surface area contributed by atoms with Gasteiger partial charge in [0, 0.05) is 94.1 Å².